The minimum Gasteiger partial charge on any atom is -0.465 e. The van der Waals surface area contributed by atoms with Crippen LogP contribution in [0.3, 0.4) is 0 Å². The highest BCUT2D eigenvalue weighted by molar-refractivity contribution is 5.99. The molecule has 11 atom stereocenters. The molecule has 0 bridgehead atoms. The number of fused-ring (bicyclic) bond motifs is 2. The second-order valence-electron chi connectivity index (χ2n) is 13.9. The summed E-state index contributed by atoms with van der Waals surface area (Å²) in [6.45, 7) is 15.0. The number of esters is 2. The molecule has 0 aromatic heterocycles. The summed E-state index contributed by atoms with van der Waals surface area (Å²) < 4.78 is 11.0. The molecule has 0 aromatic rings. The van der Waals surface area contributed by atoms with Crippen LogP contribution in [0.1, 0.15) is 80.1 Å². The first-order chi connectivity index (χ1) is 18.1. The van der Waals surface area contributed by atoms with Crippen LogP contribution in [-0.4, -0.2) is 47.4 Å². The highest BCUT2D eigenvalue weighted by Crippen LogP contribution is 2.87. The topological polar surface area (TPSA) is 107 Å². The van der Waals surface area contributed by atoms with Crippen molar-refractivity contribution in [3.05, 3.63) is 24.3 Å². The molecule has 1 N–H and O–H groups in total. The number of allylic oxidation sites excluding steroid dienone is 2. The van der Waals surface area contributed by atoms with E-state index in [2.05, 4.69) is 33.4 Å². The van der Waals surface area contributed by atoms with E-state index >= 15 is 0 Å². The van der Waals surface area contributed by atoms with Gasteiger partial charge in [-0.25, -0.2) is 0 Å². The third-order valence-corrected chi connectivity index (χ3v) is 12.4. The summed E-state index contributed by atoms with van der Waals surface area (Å²) in [6.07, 6.45) is 7.54. The summed E-state index contributed by atoms with van der Waals surface area (Å²) >= 11 is 0. The predicted molar refractivity (Wildman–Crippen MR) is 144 cm³/mol. The van der Waals surface area contributed by atoms with E-state index in [1.54, 1.807) is 6.92 Å². The Labute approximate surface area is 231 Å². The number of hydrogen-bond donors (Lipinski definition) is 1. The van der Waals surface area contributed by atoms with Crippen LogP contribution in [0, 0.1) is 51.2 Å². The lowest BCUT2D eigenvalue weighted by molar-refractivity contribution is -0.159. The summed E-state index contributed by atoms with van der Waals surface area (Å²) in [7, 11) is 0. The number of ether oxygens (including phenoxy) is 2. The Hall–Kier alpha value is -2.28. The van der Waals surface area contributed by atoms with Gasteiger partial charge >= 0.3 is 11.9 Å². The molecule has 39 heavy (non-hydrogen) atoms. The first-order valence-corrected chi connectivity index (χ1v) is 14.6. The fraction of sp³-hybridized carbons (Fsp3) is 0.750. The number of rotatable bonds is 7. The van der Waals surface area contributed by atoms with E-state index in [1.165, 1.54) is 13.8 Å². The zero-order valence-electron chi connectivity index (χ0n) is 24.2. The number of carbonyl (C=O) groups excluding carboxylic acids is 4. The smallest absolute Gasteiger partial charge is 0.302 e. The number of Topliss-reactive ketones (excluding diaryl/α,β-unsaturated/α-hetero) is 1. The molecule has 0 amide bonds. The number of ketones is 2. The number of carbonyl (C=O) groups is 4. The summed E-state index contributed by atoms with van der Waals surface area (Å²) in [5, 5.41) is 11.7. The van der Waals surface area contributed by atoms with Crippen molar-refractivity contribution in [2.24, 2.45) is 51.2 Å². The van der Waals surface area contributed by atoms with Gasteiger partial charge in [-0.2, -0.15) is 0 Å². The summed E-state index contributed by atoms with van der Waals surface area (Å²) in [5.41, 5.74) is -0.314. The third-order valence-electron chi connectivity index (χ3n) is 12.4. The Morgan fingerprint density at radius 1 is 1.13 bits per heavy atom. The van der Waals surface area contributed by atoms with Crippen LogP contribution in [-0.2, 0) is 28.7 Å². The monoisotopic (exact) mass is 540 g/mol. The average molecular weight is 541 g/mol. The van der Waals surface area contributed by atoms with Crippen molar-refractivity contribution < 1.29 is 33.8 Å². The standard InChI is InChI=1S/C32H44O7/c1-17(15-38-20(4)33)18(2)27(36)28(37)26-24(39-21(5)34)14-30(7)25-9-8-22-19(3)23(35)10-11-31(22)16-32(25,31)13-12-29(26,30)6/h10-11,17,19,22,24-26,28,37H,2,8-9,12-16H2,1,3-7H3/t17-,19-,22-,24-,25-,26?,28+,29+,30-,31+,32-/m0/s1. The van der Waals surface area contributed by atoms with Gasteiger partial charge in [-0.05, 0) is 83.7 Å². The Balaban J connectivity index is 1.47. The van der Waals surface area contributed by atoms with E-state index < -0.39 is 47.2 Å². The van der Waals surface area contributed by atoms with Gasteiger partial charge < -0.3 is 14.6 Å². The lowest BCUT2D eigenvalue weighted by Crippen LogP contribution is -2.56. The van der Waals surface area contributed by atoms with Crippen molar-refractivity contribution in [3.63, 3.8) is 0 Å². The molecule has 0 saturated heterocycles. The molecule has 4 saturated carbocycles. The van der Waals surface area contributed by atoms with Crippen molar-refractivity contribution in [1.29, 1.82) is 0 Å². The summed E-state index contributed by atoms with van der Waals surface area (Å²) in [5.74, 6) is -1.34. The summed E-state index contributed by atoms with van der Waals surface area (Å²) in [6, 6.07) is 0. The molecular weight excluding hydrogens is 496 g/mol. The minimum absolute atomic E-state index is 0.0158. The second kappa shape index (κ2) is 9.12. The highest BCUT2D eigenvalue weighted by atomic mass is 16.5. The van der Waals surface area contributed by atoms with Crippen LogP contribution in [0.5, 0.6) is 0 Å². The van der Waals surface area contributed by atoms with Crippen LogP contribution in [0.4, 0.5) is 0 Å². The largest absolute Gasteiger partial charge is 0.465 e. The van der Waals surface area contributed by atoms with E-state index in [4.69, 9.17) is 9.47 Å². The van der Waals surface area contributed by atoms with E-state index in [0.29, 0.717) is 18.3 Å². The maximum Gasteiger partial charge on any atom is 0.302 e. The van der Waals surface area contributed by atoms with Gasteiger partial charge in [-0.15, -0.1) is 0 Å². The lowest BCUT2D eigenvalue weighted by atomic mass is 9.43. The van der Waals surface area contributed by atoms with Crippen LogP contribution in [0.15, 0.2) is 24.3 Å². The highest BCUT2D eigenvalue weighted by Gasteiger charge is 2.82. The average Bonchev–Trinajstić information content (AvgIpc) is 3.48. The van der Waals surface area contributed by atoms with E-state index in [0.717, 1.165) is 32.1 Å². The molecule has 5 rings (SSSR count). The van der Waals surface area contributed by atoms with Gasteiger partial charge in [0.2, 0.25) is 0 Å². The van der Waals surface area contributed by atoms with Crippen molar-refractivity contribution in [3.8, 4) is 0 Å². The van der Waals surface area contributed by atoms with Gasteiger partial charge in [0, 0.05) is 31.6 Å². The third kappa shape index (κ3) is 3.78. The first-order valence-electron chi connectivity index (χ1n) is 14.6. The Morgan fingerprint density at radius 2 is 1.82 bits per heavy atom. The molecule has 4 fully saturated rings. The molecule has 1 unspecified atom stereocenters. The molecule has 214 valence electrons. The zero-order chi connectivity index (χ0) is 28.7. The zero-order valence-corrected chi connectivity index (χ0v) is 24.2. The van der Waals surface area contributed by atoms with Crippen LogP contribution >= 0.6 is 0 Å². The lowest BCUT2D eigenvalue weighted by Gasteiger charge is -2.60. The molecule has 7 heteroatoms. The quantitative estimate of drug-likeness (QED) is 0.371. The molecule has 2 spiro atoms. The van der Waals surface area contributed by atoms with Gasteiger partial charge in [0.05, 0.1) is 6.61 Å². The van der Waals surface area contributed by atoms with Crippen LogP contribution < -0.4 is 0 Å². The van der Waals surface area contributed by atoms with Gasteiger partial charge in [-0.1, -0.05) is 40.3 Å². The van der Waals surface area contributed by atoms with E-state index in [-0.39, 0.29) is 40.1 Å². The van der Waals surface area contributed by atoms with Crippen molar-refractivity contribution in [2.45, 2.75) is 92.3 Å². The maximum absolute atomic E-state index is 13.6. The molecular formula is C32H44O7. The molecule has 0 aromatic carbocycles. The van der Waals surface area contributed by atoms with Gasteiger partial charge in [0.25, 0.3) is 0 Å². The van der Waals surface area contributed by atoms with Crippen molar-refractivity contribution in [2.75, 3.05) is 6.61 Å². The first kappa shape index (κ1) is 28.3. The van der Waals surface area contributed by atoms with E-state index in [9.17, 15) is 24.3 Å². The van der Waals surface area contributed by atoms with Gasteiger partial charge in [0.1, 0.15) is 12.2 Å². The van der Waals surface area contributed by atoms with Gasteiger partial charge in [-0.3, -0.25) is 19.2 Å². The minimum atomic E-state index is -1.38. The fourth-order valence-electron chi connectivity index (χ4n) is 10.2. The second-order valence-corrected chi connectivity index (χ2v) is 13.9. The van der Waals surface area contributed by atoms with Crippen molar-refractivity contribution >= 4 is 23.5 Å². The Kier molecular flexibility index (Phi) is 6.61. The predicted octanol–water partition coefficient (Wildman–Crippen LogP) is 4.61. The number of hydrogen-bond acceptors (Lipinski definition) is 7. The Bertz CT molecular complexity index is 1160. The SMILES string of the molecule is C=C(C(=O)[C@H](O)C1[C@@H](OC(C)=O)C[C@@]2(C)[C@@H]3CC[C@H]4[C@H](C)C(=O)C=C[C@@]45C[C@@]35CC[C@]12C)[C@@H](C)COC(C)=O. The molecule has 5 aliphatic rings. The normalized spacial score (nSPS) is 45.1. The number of aliphatic hydroxyl groups excluding tert-OH is 1. The van der Waals surface area contributed by atoms with Crippen LogP contribution in [0.25, 0.3) is 0 Å². The molecule has 0 heterocycles. The fourth-order valence-corrected chi connectivity index (χ4v) is 10.2. The molecule has 0 radical (unpaired) electrons. The summed E-state index contributed by atoms with van der Waals surface area (Å²) in [4.78, 5) is 49.7. The van der Waals surface area contributed by atoms with Crippen molar-refractivity contribution in [1.82, 2.24) is 0 Å². The van der Waals surface area contributed by atoms with Gasteiger partial charge in [0.15, 0.2) is 11.6 Å². The Morgan fingerprint density at radius 3 is 2.46 bits per heavy atom. The molecule has 5 aliphatic carbocycles. The van der Waals surface area contributed by atoms with Crippen LogP contribution in [0.2, 0.25) is 0 Å². The number of aliphatic hydroxyl groups is 1. The molecule has 0 aliphatic heterocycles. The van der Waals surface area contributed by atoms with E-state index in [1.807, 2.05) is 6.08 Å². The molecule has 7 nitrogen and oxygen atoms in total. The maximum atomic E-state index is 13.6.